The summed E-state index contributed by atoms with van der Waals surface area (Å²) in [5, 5.41) is 0. The van der Waals surface area contributed by atoms with Crippen LogP contribution in [0.1, 0.15) is 12.8 Å². The zero-order valence-electron chi connectivity index (χ0n) is 6.17. The maximum absolute atomic E-state index is 3.15. The van der Waals surface area contributed by atoms with Gasteiger partial charge in [-0.1, -0.05) is 6.08 Å². The summed E-state index contributed by atoms with van der Waals surface area (Å²) in [5.74, 6) is 0. The molecule has 0 amide bonds. The highest BCUT2D eigenvalue weighted by atomic mass is 15.2. The monoisotopic (exact) mass is 142 g/mol. The van der Waals surface area contributed by atoms with Gasteiger partial charge in [-0.25, -0.2) is 0 Å². The largest absolute Gasteiger partial charge is 0.321 e. The molecule has 0 N–H and O–H groups in total. The highest BCUT2D eigenvalue weighted by Gasteiger charge is 2.26. The van der Waals surface area contributed by atoms with Crippen LogP contribution in [0.5, 0.6) is 0 Å². The summed E-state index contributed by atoms with van der Waals surface area (Å²) in [4.78, 5) is 2.26. The van der Waals surface area contributed by atoms with Gasteiger partial charge in [0.1, 0.15) is 0 Å². The minimum Gasteiger partial charge on any atom is -0.321 e. The van der Waals surface area contributed by atoms with Crippen molar-refractivity contribution >= 4 is 0 Å². The summed E-state index contributed by atoms with van der Waals surface area (Å²) in [6.45, 7) is 0. The Labute approximate surface area is 66.0 Å². The molecular weight excluding hydrogens is 134 g/mol. The normalized spacial score (nSPS) is 24.7. The van der Waals surface area contributed by atoms with Crippen molar-refractivity contribution in [2.45, 2.75) is 12.8 Å². The van der Waals surface area contributed by atoms with Crippen molar-refractivity contribution in [2.24, 2.45) is 0 Å². The van der Waals surface area contributed by atoms with Gasteiger partial charge in [-0.15, -0.1) is 0 Å². The van der Waals surface area contributed by atoms with Gasteiger partial charge in [0.15, 0.2) is 0 Å². The summed E-state index contributed by atoms with van der Waals surface area (Å²) in [7, 11) is 0. The van der Waals surface area contributed by atoms with Gasteiger partial charge in [-0.3, -0.25) is 0 Å². The fraction of sp³-hybridized carbons (Fsp3) is 0.200. The topological polar surface area (TPSA) is 3.24 Å². The molecule has 1 radical (unpaired) electrons. The summed E-state index contributed by atoms with van der Waals surface area (Å²) >= 11 is 0. The van der Waals surface area contributed by atoms with Gasteiger partial charge in [0, 0.05) is 24.0 Å². The van der Waals surface area contributed by atoms with Crippen LogP contribution in [0.25, 0.3) is 0 Å². The molecule has 0 saturated heterocycles. The lowest BCUT2D eigenvalue weighted by Gasteiger charge is -2.21. The molecule has 4 bridgehead atoms. The minimum atomic E-state index is 1.13. The van der Waals surface area contributed by atoms with Crippen LogP contribution in [0.3, 0.4) is 0 Å². The van der Waals surface area contributed by atoms with Crippen molar-refractivity contribution in [1.29, 1.82) is 0 Å². The highest BCUT2D eigenvalue weighted by Crippen LogP contribution is 2.39. The van der Waals surface area contributed by atoms with E-state index < -0.39 is 0 Å². The molecule has 0 aromatic carbocycles. The molecule has 3 aliphatic heterocycles. The van der Waals surface area contributed by atoms with Crippen LogP contribution < -0.4 is 0 Å². The molecule has 0 unspecified atom stereocenters. The van der Waals surface area contributed by atoms with E-state index in [-0.39, 0.29) is 0 Å². The van der Waals surface area contributed by atoms with Gasteiger partial charge < -0.3 is 4.90 Å². The fourth-order valence-corrected chi connectivity index (χ4v) is 1.88. The van der Waals surface area contributed by atoms with Crippen molar-refractivity contribution in [3.63, 3.8) is 0 Å². The Morgan fingerprint density at radius 2 is 2.45 bits per heavy atom. The molecule has 1 nitrogen and oxygen atoms in total. The third-order valence-electron chi connectivity index (χ3n) is 2.41. The zero-order chi connectivity index (χ0) is 7.26. The van der Waals surface area contributed by atoms with Crippen LogP contribution in [-0.2, 0) is 0 Å². The summed E-state index contributed by atoms with van der Waals surface area (Å²) in [6, 6.07) is 0. The van der Waals surface area contributed by atoms with Crippen LogP contribution in [0, 0.1) is 6.08 Å². The van der Waals surface area contributed by atoms with Crippen LogP contribution in [0.4, 0.5) is 0 Å². The Hall–Kier alpha value is -1.24. The van der Waals surface area contributed by atoms with E-state index in [1.54, 1.807) is 5.57 Å². The highest BCUT2D eigenvalue weighted by molar-refractivity contribution is 5.46. The lowest BCUT2D eigenvalue weighted by molar-refractivity contribution is 0.602. The Morgan fingerprint density at radius 1 is 1.45 bits per heavy atom. The quantitative estimate of drug-likeness (QED) is 0.500. The van der Waals surface area contributed by atoms with E-state index >= 15 is 0 Å². The van der Waals surface area contributed by atoms with E-state index in [9.17, 15) is 0 Å². The first-order chi connectivity index (χ1) is 5.45. The Bertz CT molecular complexity index is 329. The smallest absolute Gasteiger partial charge is 0.0457 e. The number of allylic oxidation sites excluding steroid dienone is 5. The SMILES string of the molecule is [C]1=CC2=C3CC=CN2C(=C1)C3. The first-order valence-corrected chi connectivity index (χ1v) is 3.91. The predicted molar refractivity (Wildman–Crippen MR) is 43.1 cm³/mol. The molecule has 3 rings (SSSR count). The standard InChI is InChI=1S/C10H8N/c1-4-9-7-8-3-2-6-11(9)10(8)5-1/h2,4-6H,3,7H2. The van der Waals surface area contributed by atoms with Crippen molar-refractivity contribution < 1.29 is 0 Å². The van der Waals surface area contributed by atoms with Gasteiger partial charge in [0.05, 0.1) is 0 Å². The minimum absolute atomic E-state index is 1.13. The van der Waals surface area contributed by atoms with Crippen molar-refractivity contribution in [2.75, 3.05) is 0 Å². The molecule has 3 aliphatic rings. The molecule has 0 spiro atoms. The van der Waals surface area contributed by atoms with Gasteiger partial charge in [-0.05, 0) is 30.2 Å². The first kappa shape index (κ1) is 5.42. The average molecular weight is 142 g/mol. The average Bonchev–Trinajstić information content (AvgIpc) is 2.31. The maximum Gasteiger partial charge on any atom is 0.0457 e. The van der Waals surface area contributed by atoms with Crippen molar-refractivity contribution in [3.05, 3.63) is 47.5 Å². The number of hydrogen-bond acceptors (Lipinski definition) is 1. The van der Waals surface area contributed by atoms with E-state index in [1.165, 1.54) is 11.4 Å². The van der Waals surface area contributed by atoms with Gasteiger partial charge in [0.2, 0.25) is 0 Å². The Morgan fingerprint density at radius 3 is 3.36 bits per heavy atom. The van der Waals surface area contributed by atoms with Crippen LogP contribution in [-0.4, -0.2) is 4.90 Å². The fourth-order valence-electron chi connectivity index (χ4n) is 1.88. The second kappa shape index (κ2) is 1.67. The van der Waals surface area contributed by atoms with Crippen LogP contribution >= 0.6 is 0 Å². The molecule has 0 saturated carbocycles. The molecular formula is C10H8N. The number of rotatable bonds is 0. The van der Waals surface area contributed by atoms with E-state index in [1.807, 2.05) is 0 Å². The maximum atomic E-state index is 3.15. The van der Waals surface area contributed by atoms with E-state index in [0.717, 1.165) is 12.8 Å². The number of nitrogens with zero attached hydrogens (tertiary/aromatic N) is 1. The van der Waals surface area contributed by atoms with Gasteiger partial charge in [-0.2, -0.15) is 0 Å². The molecule has 0 fully saturated rings. The lowest BCUT2D eigenvalue weighted by atomic mass is 10.1. The molecule has 0 aromatic rings. The molecule has 0 aromatic heterocycles. The molecule has 0 aliphatic carbocycles. The second-order valence-electron chi connectivity index (χ2n) is 3.07. The van der Waals surface area contributed by atoms with Gasteiger partial charge in [0.25, 0.3) is 0 Å². The van der Waals surface area contributed by atoms with Crippen molar-refractivity contribution in [3.8, 4) is 0 Å². The number of hydrogen-bond donors (Lipinski definition) is 0. The van der Waals surface area contributed by atoms with Crippen LogP contribution in [0.15, 0.2) is 41.4 Å². The Balaban J connectivity index is 2.24. The summed E-state index contributed by atoms with van der Waals surface area (Å²) in [6.07, 6.45) is 13.9. The molecule has 1 heteroatoms. The predicted octanol–water partition coefficient (Wildman–Crippen LogP) is 2.12. The van der Waals surface area contributed by atoms with Crippen molar-refractivity contribution in [1.82, 2.24) is 4.90 Å². The first-order valence-electron chi connectivity index (χ1n) is 3.91. The lowest BCUT2D eigenvalue weighted by Crippen LogP contribution is -2.12. The molecule has 53 valence electrons. The second-order valence-corrected chi connectivity index (χ2v) is 3.07. The third kappa shape index (κ3) is 0.559. The van der Waals surface area contributed by atoms with Gasteiger partial charge >= 0.3 is 0 Å². The zero-order valence-corrected chi connectivity index (χ0v) is 6.17. The Kier molecular flexibility index (Phi) is 0.823. The molecule has 3 heterocycles. The van der Waals surface area contributed by atoms with E-state index in [4.69, 9.17) is 0 Å². The summed E-state index contributed by atoms with van der Waals surface area (Å²) < 4.78 is 0. The van der Waals surface area contributed by atoms with Crippen LogP contribution in [0.2, 0.25) is 0 Å². The molecule has 0 atom stereocenters. The summed E-state index contributed by atoms with van der Waals surface area (Å²) in [5.41, 5.74) is 4.29. The van der Waals surface area contributed by atoms with E-state index in [0.29, 0.717) is 0 Å². The van der Waals surface area contributed by atoms with E-state index in [2.05, 4.69) is 35.4 Å². The molecule has 11 heavy (non-hydrogen) atoms. The third-order valence-corrected chi connectivity index (χ3v) is 2.41.